The van der Waals surface area contributed by atoms with Crippen LogP contribution in [0.25, 0.3) is 21.9 Å². The summed E-state index contributed by atoms with van der Waals surface area (Å²) in [7, 11) is 7.17. The van der Waals surface area contributed by atoms with E-state index in [-0.39, 0.29) is 5.56 Å². The van der Waals surface area contributed by atoms with Gasteiger partial charge in [-0.2, -0.15) is 0 Å². The molecule has 0 spiro atoms. The van der Waals surface area contributed by atoms with Crippen molar-refractivity contribution >= 4 is 22.7 Å². The summed E-state index contributed by atoms with van der Waals surface area (Å²) in [6.45, 7) is 5.12. The molecule has 7 heteroatoms. The Morgan fingerprint density at radius 2 is 1.83 bits per heavy atom. The van der Waals surface area contributed by atoms with Crippen LogP contribution in [-0.2, 0) is 13.6 Å². The number of aryl methyl sites for hydroxylation is 1. The SMILES string of the molecule is COc1cc(-c2cn(C)c(=O)c3cnccc23)cc(OC)c1CN(C)SCC(C)C. The van der Waals surface area contributed by atoms with Gasteiger partial charge in [-0.3, -0.25) is 9.78 Å². The van der Waals surface area contributed by atoms with Gasteiger partial charge in [0.25, 0.3) is 5.56 Å². The van der Waals surface area contributed by atoms with Crippen molar-refractivity contribution < 1.29 is 9.47 Å². The number of pyridine rings is 2. The van der Waals surface area contributed by atoms with Crippen LogP contribution in [0.5, 0.6) is 11.5 Å². The van der Waals surface area contributed by atoms with Gasteiger partial charge >= 0.3 is 0 Å². The van der Waals surface area contributed by atoms with Crippen molar-refractivity contribution in [1.29, 1.82) is 0 Å². The maximum Gasteiger partial charge on any atom is 0.259 e. The van der Waals surface area contributed by atoms with Gasteiger partial charge in [0.1, 0.15) is 11.5 Å². The minimum absolute atomic E-state index is 0.0683. The van der Waals surface area contributed by atoms with Crippen molar-refractivity contribution in [2.45, 2.75) is 20.4 Å². The minimum Gasteiger partial charge on any atom is -0.496 e. The number of methoxy groups -OCH3 is 2. The molecule has 0 aliphatic rings. The maximum atomic E-state index is 12.5. The fraction of sp³-hybridized carbons (Fsp3) is 0.391. The molecule has 0 saturated heterocycles. The van der Waals surface area contributed by atoms with Crippen LogP contribution in [0.2, 0.25) is 0 Å². The molecule has 2 aromatic heterocycles. The molecule has 3 rings (SSSR count). The van der Waals surface area contributed by atoms with Crippen LogP contribution < -0.4 is 15.0 Å². The first-order chi connectivity index (χ1) is 14.3. The van der Waals surface area contributed by atoms with Gasteiger partial charge in [-0.05, 0) is 42.1 Å². The first kappa shape index (κ1) is 22.2. The van der Waals surface area contributed by atoms with Crippen LogP contribution in [-0.4, -0.2) is 40.9 Å². The van der Waals surface area contributed by atoms with Crippen LogP contribution in [0.1, 0.15) is 19.4 Å². The zero-order valence-corrected chi connectivity index (χ0v) is 19.2. The molecule has 0 atom stereocenters. The fourth-order valence-corrected chi connectivity index (χ4v) is 4.15. The van der Waals surface area contributed by atoms with Crippen LogP contribution in [0.15, 0.2) is 41.6 Å². The predicted octanol–water partition coefficient (Wildman–Crippen LogP) is 4.35. The molecule has 0 bridgehead atoms. The number of aromatic nitrogens is 2. The number of rotatable bonds is 8. The van der Waals surface area contributed by atoms with E-state index in [4.69, 9.17) is 9.47 Å². The Kier molecular flexibility index (Phi) is 7.05. The molecule has 0 aliphatic heterocycles. The molecule has 1 aromatic carbocycles. The van der Waals surface area contributed by atoms with Crippen molar-refractivity contribution in [1.82, 2.24) is 13.9 Å². The highest BCUT2D eigenvalue weighted by atomic mass is 32.2. The largest absolute Gasteiger partial charge is 0.496 e. The lowest BCUT2D eigenvalue weighted by Gasteiger charge is -2.21. The summed E-state index contributed by atoms with van der Waals surface area (Å²) in [5, 5.41) is 1.44. The minimum atomic E-state index is -0.0683. The van der Waals surface area contributed by atoms with Gasteiger partial charge in [-0.1, -0.05) is 25.8 Å². The van der Waals surface area contributed by atoms with Crippen LogP contribution in [0.3, 0.4) is 0 Å². The molecular formula is C23H29N3O3S. The zero-order chi connectivity index (χ0) is 21.8. The highest BCUT2D eigenvalue weighted by Gasteiger charge is 2.18. The molecule has 0 radical (unpaired) electrons. The van der Waals surface area contributed by atoms with Crippen molar-refractivity contribution in [3.63, 3.8) is 0 Å². The second-order valence-electron chi connectivity index (χ2n) is 7.72. The normalized spacial score (nSPS) is 11.5. The summed E-state index contributed by atoms with van der Waals surface area (Å²) in [6.07, 6.45) is 5.17. The second-order valence-corrected chi connectivity index (χ2v) is 8.93. The Labute approximate surface area is 182 Å². The second kappa shape index (κ2) is 9.53. The lowest BCUT2D eigenvalue weighted by Crippen LogP contribution is -2.17. The van der Waals surface area contributed by atoms with Crippen LogP contribution in [0, 0.1) is 5.92 Å². The third kappa shape index (κ3) is 4.63. The third-order valence-corrected chi connectivity index (χ3v) is 6.30. The third-order valence-electron chi connectivity index (χ3n) is 4.91. The van der Waals surface area contributed by atoms with Crippen molar-refractivity contribution in [3.8, 4) is 22.6 Å². The molecule has 30 heavy (non-hydrogen) atoms. The zero-order valence-electron chi connectivity index (χ0n) is 18.4. The standard InChI is InChI=1S/C23H29N3O3S/c1-15(2)14-30-26(4)13-20-21(28-5)9-16(10-22(20)29-6)19-12-25(3)23(27)18-11-24-8-7-17(18)19/h7-12,15H,13-14H2,1-6H3. The number of hydrogen-bond acceptors (Lipinski definition) is 6. The van der Waals surface area contributed by atoms with Crippen molar-refractivity contribution in [2.24, 2.45) is 13.0 Å². The molecule has 160 valence electrons. The Hall–Kier alpha value is -2.51. The number of nitrogens with zero attached hydrogens (tertiary/aromatic N) is 3. The van der Waals surface area contributed by atoms with E-state index < -0.39 is 0 Å². The van der Waals surface area contributed by atoms with E-state index in [1.807, 2.05) is 24.4 Å². The summed E-state index contributed by atoms with van der Waals surface area (Å²) in [4.78, 5) is 16.6. The average Bonchev–Trinajstić information content (AvgIpc) is 2.74. The van der Waals surface area contributed by atoms with Gasteiger partial charge in [0.2, 0.25) is 0 Å². The van der Waals surface area contributed by atoms with E-state index in [0.29, 0.717) is 17.8 Å². The van der Waals surface area contributed by atoms with E-state index in [0.717, 1.165) is 39.3 Å². The predicted molar refractivity (Wildman–Crippen MR) is 124 cm³/mol. The molecule has 0 amide bonds. The lowest BCUT2D eigenvalue weighted by atomic mass is 9.99. The van der Waals surface area contributed by atoms with E-state index in [1.54, 1.807) is 50.2 Å². The first-order valence-corrected chi connectivity index (χ1v) is 10.8. The lowest BCUT2D eigenvalue weighted by molar-refractivity contribution is 0.376. The highest BCUT2D eigenvalue weighted by Crippen LogP contribution is 2.38. The Balaban J connectivity index is 2.10. The van der Waals surface area contributed by atoms with E-state index in [1.165, 1.54) is 0 Å². The summed E-state index contributed by atoms with van der Waals surface area (Å²) < 4.78 is 15.3. The molecule has 0 aliphatic carbocycles. The number of ether oxygens (including phenoxy) is 2. The Morgan fingerprint density at radius 3 is 2.43 bits per heavy atom. The number of hydrogen-bond donors (Lipinski definition) is 0. The van der Waals surface area contributed by atoms with Crippen LogP contribution in [0.4, 0.5) is 0 Å². The van der Waals surface area contributed by atoms with Gasteiger partial charge in [-0.15, -0.1) is 0 Å². The molecule has 0 N–H and O–H groups in total. The van der Waals surface area contributed by atoms with Gasteiger partial charge in [0.15, 0.2) is 0 Å². The average molecular weight is 428 g/mol. The Bertz CT molecular complexity index is 1070. The van der Waals surface area contributed by atoms with Gasteiger partial charge in [0.05, 0.1) is 25.2 Å². The summed E-state index contributed by atoms with van der Waals surface area (Å²) >= 11 is 1.80. The van der Waals surface area contributed by atoms with E-state index in [2.05, 4.69) is 30.2 Å². The first-order valence-electron chi connectivity index (χ1n) is 9.88. The van der Waals surface area contributed by atoms with Crippen LogP contribution >= 0.6 is 11.9 Å². The van der Waals surface area contributed by atoms with Crippen molar-refractivity contribution in [3.05, 3.63) is 52.7 Å². The van der Waals surface area contributed by atoms with Gasteiger partial charge in [-0.25, -0.2) is 4.31 Å². The fourth-order valence-electron chi connectivity index (χ4n) is 3.38. The maximum absolute atomic E-state index is 12.5. The summed E-state index contributed by atoms with van der Waals surface area (Å²) in [6, 6.07) is 5.90. The monoisotopic (exact) mass is 427 g/mol. The molecule has 3 aromatic rings. The smallest absolute Gasteiger partial charge is 0.259 e. The summed E-state index contributed by atoms with van der Waals surface area (Å²) in [5.41, 5.74) is 2.79. The quantitative estimate of drug-likeness (QED) is 0.498. The van der Waals surface area contributed by atoms with Crippen molar-refractivity contribution in [2.75, 3.05) is 27.0 Å². The number of fused-ring (bicyclic) bond motifs is 1. The molecule has 6 nitrogen and oxygen atoms in total. The molecule has 2 heterocycles. The topological polar surface area (TPSA) is 56.6 Å². The van der Waals surface area contributed by atoms with E-state index >= 15 is 0 Å². The molecule has 0 unspecified atom stereocenters. The Morgan fingerprint density at radius 1 is 1.17 bits per heavy atom. The molecular weight excluding hydrogens is 398 g/mol. The molecule has 0 fully saturated rings. The van der Waals surface area contributed by atoms with Gasteiger partial charge in [0, 0.05) is 43.5 Å². The number of benzene rings is 1. The van der Waals surface area contributed by atoms with Gasteiger partial charge < -0.3 is 14.0 Å². The molecule has 0 saturated carbocycles. The highest BCUT2D eigenvalue weighted by molar-refractivity contribution is 7.96. The summed E-state index contributed by atoms with van der Waals surface area (Å²) in [5.74, 6) is 3.20. The van der Waals surface area contributed by atoms with E-state index in [9.17, 15) is 4.79 Å².